The molecule has 0 aliphatic heterocycles. The molecule has 0 heterocycles. The maximum absolute atomic E-state index is 14.1. The number of nitrogens with two attached hydrogens (primary N) is 3. The first kappa shape index (κ1) is 59.3. The molecule has 0 radical (unpaired) electrons. The summed E-state index contributed by atoms with van der Waals surface area (Å²) in [6.45, 7) is 11.2. The third-order valence-electron chi connectivity index (χ3n) is 10.7. The number of aliphatic carboxylic acids is 1. The summed E-state index contributed by atoms with van der Waals surface area (Å²) < 4.78 is 0. The second-order valence-electron chi connectivity index (χ2n) is 17.2. The van der Waals surface area contributed by atoms with E-state index >= 15 is 0 Å². The predicted octanol–water partition coefficient (Wildman–Crippen LogP) is -3.22. The molecule has 0 aliphatic rings. The smallest absolute Gasteiger partial charge is 0.326 e. The van der Waals surface area contributed by atoms with Crippen molar-refractivity contribution in [1.82, 2.24) is 47.9 Å². The average Bonchev–Trinajstić information content (AvgIpc) is 3.25. The third-order valence-corrected chi connectivity index (χ3v) is 10.7. The Kier molecular flexibility index (Phi) is 26.0. The number of carbonyl (C=O) groups is 8. The maximum atomic E-state index is 14.1. The molecule has 1 aromatic rings. The average molecular weight is 963 g/mol. The van der Waals surface area contributed by atoms with Crippen LogP contribution in [0.2, 0.25) is 0 Å². The molecule has 0 saturated heterocycles. The minimum atomic E-state index is -1.71. The fourth-order valence-electron chi connectivity index (χ4n) is 6.47. The number of hydrogen-bond donors (Lipinski definition) is 17. The highest BCUT2D eigenvalue weighted by molar-refractivity contribution is 5.97. The number of amides is 7. The maximum Gasteiger partial charge on any atom is 0.326 e. The molecule has 0 aliphatic carbocycles. The topological polar surface area (TPSA) is 431 Å². The number of aliphatic hydroxyl groups excluding tert-OH is 1. The Balaban J connectivity index is 3.33. The number of phenols is 1. The van der Waals surface area contributed by atoms with Crippen LogP contribution in [0.4, 0.5) is 0 Å². The molecular formula is C43H74N14O11. The SMILES string of the molecule is CC[C@H](C)[C@H](NC(=O)[C@@H](NC(=O)[C@H](Cc1ccc(O)cc1)NC(=O)[C@H](CCCNC(=N)N)NC(=O)[C@@H](N)CCCNC(=N)N)[C@@H](C)O)C(=O)N[C@@H](C)C(=O)N[C@@H](C)C(=O)N[C@@H](CC(C)C)C(=O)O. The molecular weight excluding hydrogens is 889 g/mol. The molecule has 0 spiro atoms. The van der Waals surface area contributed by atoms with Crippen LogP contribution in [-0.2, 0) is 44.8 Å². The summed E-state index contributed by atoms with van der Waals surface area (Å²) in [5, 5.41) is 67.6. The van der Waals surface area contributed by atoms with Gasteiger partial charge in [0.25, 0.3) is 0 Å². The van der Waals surface area contributed by atoms with Crippen molar-refractivity contribution in [3.8, 4) is 5.75 Å². The van der Waals surface area contributed by atoms with Crippen LogP contribution < -0.4 is 65.1 Å². The zero-order valence-corrected chi connectivity index (χ0v) is 39.9. The van der Waals surface area contributed by atoms with Gasteiger partial charge in [-0.3, -0.25) is 44.4 Å². The number of aromatic hydroxyl groups is 1. The van der Waals surface area contributed by atoms with Crippen LogP contribution in [0.15, 0.2) is 24.3 Å². The minimum Gasteiger partial charge on any atom is -0.508 e. The predicted molar refractivity (Wildman–Crippen MR) is 251 cm³/mol. The van der Waals surface area contributed by atoms with E-state index < -0.39 is 108 Å². The Labute approximate surface area is 396 Å². The van der Waals surface area contributed by atoms with Crippen molar-refractivity contribution in [3.63, 3.8) is 0 Å². The van der Waals surface area contributed by atoms with Crippen LogP contribution in [0.5, 0.6) is 5.75 Å². The van der Waals surface area contributed by atoms with E-state index in [1.807, 2.05) is 0 Å². The van der Waals surface area contributed by atoms with E-state index in [9.17, 15) is 53.7 Å². The lowest BCUT2D eigenvalue weighted by atomic mass is 9.97. The Morgan fingerprint density at radius 3 is 1.56 bits per heavy atom. The van der Waals surface area contributed by atoms with Gasteiger partial charge < -0.3 is 80.4 Å². The first-order valence-electron chi connectivity index (χ1n) is 22.5. The number of hydrogen-bond acceptors (Lipinski definition) is 13. The summed E-state index contributed by atoms with van der Waals surface area (Å²) >= 11 is 0. The Morgan fingerprint density at radius 1 is 0.603 bits per heavy atom. The largest absolute Gasteiger partial charge is 0.508 e. The van der Waals surface area contributed by atoms with Gasteiger partial charge in [0, 0.05) is 19.5 Å². The van der Waals surface area contributed by atoms with Crippen LogP contribution in [0.25, 0.3) is 0 Å². The van der Waals surface area contributed by atoms with E-state index in [-0.39, 0.29) is 68.8 Å². The molecule has 0 saturated carbocycles. The van der Waals surface area contributed by atoms with Crippen LogP contribution in [0.1, 0.15) is 92.6 Å². The van der Waals surface area contributed by atoms with Crippen LogP contribution >= 0.6 is 0 Å². The summed E-state index contributed by atoms with van der Waals surface area (Å²) in [6.07, 6.45) is -0.570. The summed E-state index contributed by atoms with van der Waals surface area (Å²) in [6, 6.07) is -4.80. The molecule has 1 rings (SSSR count). The van der Waals surface area contributed by atoms with Gasteiger partial charge in [-0.2, -0.15) is 0 Å². The number of carboxylic acid groups (broad SMARTS) is 1. The number of carboxylic acids is 1. The summed E-state index contributed by atoms with van der Waals surface area (Å²) in [7, 11) is 0. The Morgan fingerprint density at radius 2 is 1.06 bits per heavy atom. The second-order valence-corrected chi connectivity index (χ2v) is 17.2. The molecule has 0 unspecified atom stereocenters. The van der Waals surface area contributed by atoms with Crippen molar-refractivity contribution in [2.75, 3.05) is 13.1 Å². The van der Waals surface area contributed by atoms with Crippen molar-refractivity contribution < 1.29 is 53.7 Å². The highest BCUT2D eigenvalue weighted by atomic mass is 16.4. The molecule has 0 aromatic heterocycles. The van der Waals surface area contributed by atoms with Gasteiger partial charge >= 0.3 is 5.97 Å². The molecule has 25 nitrogen and oxygen atoms in total. The van der Waals surface area contributed by atoms with Crippen molar-refractivity contribution in [2.45, 2.75) is 148 Å². The van der Waals surface area contributed by atoms with E-state index in [1.165, 1.54) is 45.0 Å². The minimum absolute atomic E-state index is 0.0118. The van der Waals surface area contributed by atoms with E-state index in [0.29, 0.717) is 18.4 Å². The molecule has 7 amide bonds. The van der Waals surface area contributed by atoms with Crippen molar-refractivity contribution in [1.29, 1.82) is 10.8 Å². The molecule has 382 valence electrons. The fourth-order valence-corrected chi connectivity index (χ4v) is 6.47. The van der Waals surface area contributed by atoms with E-state index in [2.05, 4.69) is 47.9 Å². The van der Waals surface area contributed by atoms with Crippen LogP contribution in [0.3, 0.4) is 0 Å². The third kappa shape index (κ3) is 22.2. The van der Waals surface area contributed by atoms with Crippen molar-refractivity contribution in [3.05, 3.63) is 29.8 Å². The number of guanidine groups is 2. The normalized spacial score (nSPS) is 15.4. The van der Waals surface area contributed by atoms with E-state index in [1.54, 1.807) is 27.7 Å². The zero-order chi connectivity index (χ0) is 51.8. The quantitative estimate of drug-likeness (QED) is 0.0205. The van der Waals surface area contributed by atoms with Gasteiger partial charge in [-0.25, -0.2) is 4.79 Å². The van der Waals surface area contributed by atoms with Gasteiger partial charge in [0.15, 0.2) is 11.9 Å². The lowest BCUT2D eigenvalue weighted by Crippen LogP contribution is -2.62. The molecule has 20 N–H and O–H groups in total. The zero-order valence-electron chi connectivity index (χ0n) is 39.9. The number of carbonyl (C=O) groups excluding carboxylic acids is 7. The Bertz CT molecular complexity index is 1880. The molecule has 10 atom stereocenters. The molecule has 0 bridgehead atoms. The second kappa shape index (κ2) is 29.8. The first-order chi connectivity index (χ1) is 31.8. The molecule has 68 heavy (non-hydrogen) atoms. The Hall–Kier alpha value is -6.76. The summed E-state index contributed by atoms with van der Waals surface area (Å²) in [5.74, 6) is -8.38. The van der Waals surface area contributed by atoms with Gasteiger partial charge in [0.05, 0.1) is 12.1 Å². The van der Waals surface area contributed by atoms with Crippen LogP contribution in [-0.4, -0.2) is 142 Å². The van der Waals surface area contributed by atoms with Crippen molar-refractivity contribution in [2.24, 2.45) is 29.0 Å². The van der Waals surface area contributed by atoms with Crippen LogP contribution in [0, 0.1) is 22.7 Å². The van der Waals surface area contributed by atoms with Gasteiger partial charge in [-0.15, -0.1) is 0 Å². The number of benzene rings is 1. The summed E-state index contributed by atoms with van der Waals surface area (Å²) in [5.41, 5.74) is 17.2. The fraction of sp³-hybridized carbons (Fsp3) is 0.628. The van der Waals surface area contributed by atoms with Gasteiger partial charge in [0.1, 0.15) is 48.0 Å². The highest BCUT2D eigenvalue weighted by Crippen LogP contribution is 2.14. The molecule has 25 heteroatoms. The summed E-state index contributed by atoms with van der Waals surface area (Å²) in [4.78, 5) is 106. The lowest BCUT2D eigenvalue weighted by Gasteiger charge is -2.30. The number of aliphatic hydroxyl groups is 1. The van der Waals surface area contributed by atoms with Gasteiger partial charge in [-0.05, 0) is 82.4 Å². The number of nitrogens with one attached hydrogen (secondary N) is 11. The standard InChI is InChI=1S/C43H74N14O11/c1-8-22(4)32(39(65)52-23(5)34(60)51-24(6)35(61)55-31(41(67)68)19-21(2)3)56-40(66)33(25(7)58)57-38(64)30(20-26-13-15-27(59)16-14-26)54-37(63)29(12-10-18-50-43(47)48)53-36(62)28(44)11-9-17-49-42(45)46/h13-16,21-25,28-33,58-59H,8-12,17-20,44H2,1-7H3,(H,51,60)(H,52,65)(H,53,62)(H,54,63)(H,55,61)(H,56,66)(H,57,64)(H,67,68)(H4,45,46,49)(H4,47,48,50)/t22-,23-,24-,25+,28-,29-,30-,31-,32-,33-/m0/s1. The van der Waals surface area contributed by atoms with Gasteiger partial charge in [-0.1, -0.05) is 46.2 Å². The van der Waals surface area contributed by atoms with E-state index in [4.69, 9.17) is 28.0 Å². The number of phenolic OH excluding ortho intramolecular Hbond substituents is 1. The molecule has 1 aromatic carbocycles. The monoisotopic (exact) mass is 963 g/mol. The van der Waals surface area contributed by atoms with E-state index in [0.717, 1.165) is 0 Å². The molecule has 0 fully saturated rings. The first-order valence-corrected chi connectivity index (χ1v) is 22.5. The van der Waals surface area contributed by atoms with Crippen molar-refractivity contribution >= 4 is 59.2 Å². The van der Waals surface area contributed by atoms with Gasteiger partial charge in [0.2, 0.25) is 41.4 Å². The number of rotatable bonds is 30. The lowest BCUT2D eigenvalue weighted by molar-refractivity contribution is -0.142. The highest BCUT2D eigenvalue weighted by Gasteiger charge is 2.36.